The van der Waals surface area contributed by atoms with Crippen molar-refractivity contribution in [3.8, 4) is 0 Å². The summed E-state index contributed by atoms with van der Waals surface area (Å²) < 4.78 is 0. The van der Waals surface area contributed by atoms with Gasteiger partial charge in [-0.25, -0.2) is 4.98 Å². The Bertz CT molecular complexity index is 521. The highest BCUT2D eigenvalue weighted by atomic mass is 32.2. The second-order valence-corrected chi connectivity index (χ2v) is 5.90. The van der Waals surface area contributed by atoms with E-state index in [1.807, 2.05) is 13.1 Å². The van der Waals surface area contributed by atoms with Gasteiger partial charge in [-0.3, -0.25) is 0 Å². The second kappa shape index (κ2) is 6.73. The van der Waals surface area contributed by atoms with Crippen LogP contribution in [0.25, 0.3) is 0 Å². The monoisotopic (exact) mass is 272 g/mol. The lowest BCUT2D eigenvalue weighted by atomic mass is 10.1. The van der Waals surface area contributed by atoms with Crippen LogP contribution in [0.3, 0.4) is 0 Å². The summed E-state index contributed by atoms with van der Waals surface area (Å²) in [6.45, 7) is 4.16. The summed E-state index contributed by atoms with van der Waals surface area (Å²) in [6, 6.07) is 12.9. The quantitative estimate of drug-likeness (QED) is 0.846. The lowest BCUT2D eigenvalue weighted by molar-refractivity contribution is 0.734. The molecule has 0 aliphatic rings. The number of nitrogens with zero attached hydrogens (tertiary/aromatic N) is 1. The van der Waals surface area contributed by atoms with E-state index < -0.39 is 0 Å². The third-order valence-corrected chi connectivity index (χ3v) is 3.98. The van der Waals surface area contributed by atoms with Gasteiger partial charge >= 0.3 is 0 Å². The highest BCUT2D eigenvalue weighted by Crippen LogP contribution is 2.22. The summed E-state index contributed by atoms with van der Waals surface area (Å²) in [4.78, 5) is 4.48. The van der Waals surface area contributed by atoms with Gasteiger partial charge in [-0.1, -0.05) is 30.3 Å². The Kier molecular flexibility index (Phi) is 5.00. The van der Waals surface area contributed by atoms with Crippen molar-refractivity contribution in [1.82, 2.24) is 4.98 Å². The molecule has 0 fully saturated rings. The predicted octanol–water partition coefficient (Wildman–Crippen LogP) is 3.57. The maximum absolute atomic E-state index is 5.78. The number of pyridine rings is 1. The lowest BCUT2D eigenvalue weighted by Gasteiger charge is -2.07. The number of benzene rings is 1. The van der Waals surface area contributed by atoms with Crippen molar-refractivity contribution in [2.75, 3.05) is 0 Å². The van der Waals surface area contributed by atoms with Crippen LogP contribution < -0.4 is 5.73 Å². The topological polar surface area (TPSA) is 38.9 Å². The van der Waals surface area contributed by atoms with Crippen molar-refractivity contribution in [3.05, 3.63) is 59.3 Å². The van der Waals surface area contributed by atoms with Crippen molar-refractivity contribution < 1.29 is 0 Å². The number of rotatable bonds is 5. The first kappa shape index (κ1) is 14.1. The van der Waals surface area contributed by atoms with Crippen LogP contribution in [0, 0.1) is 6.92 Å². The molecule has 0 bridgehead atoms. The maximum Gasteiger partial charge on any atom is 0.0963 e. The van der Waals surface area contributed by atoms with E-state index in [0.29, 0.717) is 0 Å². The molecule has 19 heavy (non-hydrogen) atoms. The van der Waals surface area contributed by atoms with Gasteiger partial charge in [-0.05, 0) is 43.0 Å². The number of thioether (sulfide) groups is 1. The summed E-state index contributed by atoms with van der Waals surface area (Å²) in [5.74, 6) is 0.965. The summed E-state index contributed by atoms with van der Waals surface area (Å²) in [6.07, 6.45) is 2.82. The molecule has 2 nitrogen and oxygen atoms in total. The summed E-state index contributed by atoms with van der Waals surface area (Å²) in [7, 11) is 0. The minimum absolute atomic E-state index is 0.187. The molecular weight excluding hydrogens is 252 g/mol. The van der Waals surface area contributed by atoms with Crippen molar-refractivity contribution in [3.63, 3.8) is 0 Å². The molecule has 0 saturated heterocycles. The molecule has 0 saturated carbocycles. The highest BCUT2D eigenvalue weighted by molar-refractivity contribution is 7.98. The molecule has 0 aliphatic carbocycles. The Morgan fingerprint density at radius 1 is 1.21 bits per heavy atom. The van der Waals surface area contributed by atoms with Crippen LogP contribution in [0.2, 0.25) is 0 Å². The summed E-state index contributed by atoms with van der Waals surface area (Å²) >= 11 is 1.77. The Hall–Kier alpha value is -1.32. The molecule has 2 aromatic rings. The molecule has 100 valence electrons. The molecule has 0 amide bonds. The first-order chi connectivity index (χ1) is 9.15. The molecular formula is C16H20N2S. The van der Waals surface area contributed by atoms with Crippen LogP contribution in [-0.4, -0.2) is 11.0 Å². The summed E-state index contributed by atoms with van der Waals surface area (Å²) in [5.41, 5.74) is 9.69. The summed E-state index contributed by atoms with van der Waals surface area (Å²) in [5, 5.41) is 1.07. The van der Waals surface area contributed by atoms with E-state index in [1.54, 1.807) is 11.8 Å². The third-order valence-electron chi connectivity index (χ3n) is 2.99. The molecule has 0 spiro atoms. The average molecular weight is 272 g/mol. The molecule has 1 heterocycles. The van der Waals surface area contributed by atoms with Gasteiger partial charge in [-0.15, -0.1) is 11.8 Å². The van der Waals surface area contributed by atoms with E-state index in [4.69, 9.17) is 5.73 Å². The standard InChI is InChI=1S/C16H20N2S/c1-12-5-3-4-6-15(12)11-19-16-8-7-14(10-18-16)9-13(2)17/h3-8,10,13H,9,11,17H2,1-2H3. The molecule has 1 aromatic carbocycles. The molecule has 2 N–H and O–H groups in total. The Labute approximate surface area is 119 Å². The first-order valence-electron chi connectivity index (χ1n) is 6.53. The fourth-order valence-electron chi connectivity index (χ4n) is 1.91. The van der Waals surface area contributed by atoms with Gasteiger partial charge in [0.25, 0.3) is 0 Å². The number of hydrogen-bond donors (Lipinski definition) is 1. The van der Waals surface area contributed by atoms with Gasteiger partial charge in [0, 0.05) is 18.0 Å². The number of aryl methyl sites for hydroxylation is 1. The van der Waals surface area contributed by atoms with Gasteiger partial charge in [0.05, 0.1) is 5.03 Å². The minimum atomic E-state index is 0.187. The molecule has 0 aliphatic heterocycles. The van der Waals surface area contributed by atoms with E-state index in [9.17, 15) is 0 Å². The predicted molar refractivity (Wildman–Crippen MR) is 82.3 cm³/mol. The SMILES string of the molecule is Cc1ccccc1CSc1ccc(CC(C)N)cn1. The lowest BCUT2D eigenvalue weighted by Crippen LogP contribution is -2.17. The molecule has 1 atom stereocenters. The minimum Gasteiger partial charge on any atom is -0.328 e. The van der Waals surface area contributed by atoms with Gasteiger partial charge in [0.2, 0.25) is 0 Å². The van der Waals surface area contributed by atoms with Gasteiger partial charge in [-0.2, -0.15) is 0 Å². The van der Waals surface area contributed by atoms with Gasteiger partial charge in [0.1, 0.15) is 0 Å². The third kappa shape index (κ3) is 4.37. The average Bonchev–Trinajstić information content (AvgIpc) is 2.39. The zero-order valence-electron chi connectivity index (χ0n) is 11.5. The van der Waals surface area contributed by atoms with Gasteiger partial charge < -0.3 is 5.73 Å². The van der Waals surface area contributed by atoms with Crippen LogP contribution >= 0.6 is 11.8 Å². The normalized spacial score (nSPS) is 12.4. The number of nitrogens with two attached hydrogens (primary N) is 1. The molecule has 1 unspecified atom stereocenters. The zero-order valence-corrected chi connectivity index (χ0v) is 12.3. The Morgan fingerprint density at radius 3 is 2.63 bits per heavy atom. The van der Waals surface area contributed by atoms with Crippen LogP contribution in [0.4, 0.5) is 0 Å². The smallest absolute Gasteiger partial charge is 0.0963 e. The van der Waals surface area contributed by atoms with Gasteiger partial charge in [0.15, 0.2) is 0 Å². The van der Waals surface area contributed by atoms with E-state index in [-0.39, 0.29) is 6.04 Å². The van der Waals surface area contributed by atoms with E-state index in [0.717, 1.165) is 17.2 Å². The van der Waals surface area contributed by atoms with Crippen molar-refractivity contribution in [2.24, 2.45) is 5.73 Å². The maximum atomic E-state index is 5.78. The largest absolute Gasteiger partial charge is 0.328 e. The van der Waals surface area contributed by atoms with Crippen molar-refractivity contribution in [2.45, 2.75) is 37.1 Å². The van der Waals surface area contributed by atoms with Crippen LogP contribution in [-0.2, 0) is 12.2 Å². The van der Waals surface area contributed by atoms with E-state index in [1.165, 1.54) is 16.7 Å². The molecule has 2 rings (SSSR count). The zero-order chi connectivity index (χ0) is 13.7. The van der Waals surface area contributed by atoms with E-state index >= 15 is 0 Å². The fraction of sp³-hybridized carbons (Fsp3) is 0.312. The van der Waals surface area contributed by atoms with E-state index in [2.05, 4.69) is 48.3 Å². The second-order valence-electron chi connectivity index (χ2n) is 4.90. The van der Waals surface area contributed by atoms with Crippen LogP contribution in [0.15, 0.2) is 47.6 Å². The van der Waals surface area contributed by atoms with Crippen molar-refractivity contribution in [1.29, 1.82) is 0 Å². The number of hydrogen-bond acceptors (Lipinski definition) is 3. The highest BCUT2D eigenvalue weighted by Gasteiger charge is 2.02. The molecule has 3 heteroatoms. The van der Waals surface area contributed by atoms with Crippen LogP contribution in [0.1, 0.15) is 23.6 Å². The fourth-order valence-corrected chi connectivity index (χ4v) is 2.83. The molecule has 1 aromatic heterocycles. The van der Waals surface area contributed by atoms with Crippen LogP contribution in [0.5, 0.6) is 0 Å². The Balaban J connectivity index is 1.95. The van der Waals surface area contributed by atoms with Crippen molar-refractivity contribution >= 4 is 11.8 Å². The molecule has 0 radical (unpaired) electrons. The first-order valence-corrected chi connectivity index (χ1v) is 7.51. The Morgan fingerprint density at radius 2 is 2.00 bits per heavy atom. The number of aromatic nitrogens is 1.